The number of carbonyl (C=O) groups excluding carboxylic acids is 1. The highest BCUT2D eigenvalue weighted by molar-refractivity contribution is 8.19. The zero-order valence-corrected chi connectivity index (χ0v) is 52.9. The Morgan fingerprint density at radius 2 is 0.707 bits per heavy atom. The van der Waals surface area contributed by atoms with Gasteiger partial charge in [-0.2, -0.15) is 57.0 Å². The molecular formula is C57H45N15O23S4. The Morgan fingerprint density at radius 1 is 0.384 bits per heavy atom. The van der Waals surface area contributed by atoms with Gasteiger partial charge < -0.3 is 84.5 Å². The van der Waals surface area contributed by atoms with Gasteiger partial charge in [0.2, 0.25) is 23.8 Å². The van der Waals surface area contributed by atoms with Crippen LogP contribution in [0.4, 0.5) is 75.0 Å². The molecule has 42 heteroatoms. The van der Waals surface area contributed by atoms with Crippen molar-refractivity contribution < 1.29 is 108 Å². The largest absolute Gasteiger partial charge is 0.505 e. The molecule has 0 fully saturated rings. The van der Waals surface area contributed by atoms with Crippen molar-refractivity contribution >= 4 is 168 Å². The van der Waals surface area contributed by atoms with Gasteiger partial charge in [0.05, 0.1) is 64.6 Å². The molecule has 10 aromatic rings. The fraction of sp³-hybridized carbons (Fsp3) is 0.0351. The number of anilines is 9. The first-order valence-corrected chi connectivity index (χ1v) is 33.0. The zero-order valence-electron chi connectivity index (χ0n) is 49.6. The summed E-state index contributed by atoms with van der Waals surface area (Å²) in [6.45, 7) is 2.89. The molecule has 510 valence electrons. The number of aromatic nitrogens is 6. The molecule has 99 heavy (non-hydrogen) atoms. The molecule has 2 aromatic heterocycles. The van der Waals surface area contributed by atoms with Crippen molar-refractivity contribution in [1.29, 1.82) is 0 Å². The Bertz CT molecular complexity index is 5310. The number of aryl methyl sites for hydroxylation is 2. The number of aromatic hydroxyl groups is 2. The van der Waals surface area contributed by atoms with Crippen LogP contribution in [0.1, 0.15) is 63.4 Å². The van der Waals surface area contributed by atoms with Crippen LogP contribution >= 0.6 is 21.7 Å². The van der Waals surface area contributed by atoms with Crippen LogP contribution in [0.3, 0.4) is 0 Å². The minimum atomic E-state index is -5.08. The van der Waals surface area contributed by atoms with Gasteiger partial charge in [-0.05, 0) is 146 Å². The van der Waals surface area contributed by atoms with Crippen LogP contribution in [0.2, 0.25) is 0 Å². The number of rotatable bonds is 22. The quantitative estimate of drug-likeness (QED) is 0.0221. The van der Waals surface area contributed by atoms with Gasteiger partial charge in [-0.3, -0.25) is 13.9 Å². The number of carbonyl (C=O) groups is 5. The lowest BCUT2D eigenvalue weighted by Crippen LogP contribution is -2.12. The standard InChI is InChI=1S/C57H45N15O23S4/c1-23-58-54(67-56(60-23)65-39-21-37(96(84,85)86)17-26-19-41(98(90,91)92)45(47(73)43(26)39)71-69-35-13-28(50(76)77)11-29(14-35)51(78)79)63-33-5-3-25(4-6-33)49(75)62-32-7-9-34(10-8-32)64-55-59-24(2)61-57(68-55)66-40-22-38(97(87,88)89)18-27-20-42(99(93,94)95)46(48(74)44(27)40)72-70-36-15-30(52(80)81)12-31(16-36)53(82)83/h3-22,73-74,90-95H,1-2H3,(H,62,75)(H,76,77)(H,78,79)(H,80,81)(H,82,83)(H,84,85,86)(H,87,88,89)(H2,58,60,63,65,67)(H2,59,61,64,66,68). The minimum Gasteiger partial charge on any atom is -0.505 e. The molecule has 1 amide bonds. The number of hydrogen-bond acceptors (Lipinski definition) is 31. The number of hydrogen-bond donors (Lipinski definition) is 19. The maximum Gasteiger partial charge on any atom is 0.335 e. The van der Waals surface area contributed by atoms with Gasteiger partial charge in [-0.25, -0.2) is 19.2 Å². The van der Waals surface area contributed by atoms with Crippen molar-refractivity contribution in [2.24, 2.45) is 20.5 Å². The Labute approximate surface area is 556 Å². The third kappa shape index (κ3) is 16.1. The highest BCUT2D eigenvalue weighted by atomic mass is 32.3. The fourth-order valence-electron chi connectivity index (χ4n) is 9.30. The van der Waals surface area contributed by atoms with Crippen LogP contribution in [0.25, 0.3) is 21.5 Å². The summed E-state index contributed by atoms with van der Waals surface area (Å²) in [7, 11) is -19.9. The third-order valence-electron chi connectivity index (χ3n) is 13.6. The molecule has 2 heterocycles. The van der Waals surface area contributed by atoms with Crippen molar-refractivity contribution in [3.8, 4) is 11.5 Å². The number of nitrogens with zero attached hydrogens (tertiary/aromatic N) is 10. The van der Waals surface area contributed by atoms with E-state index in [4.69, 9.17) is 0 Å². The van der Waals surface area contributed by atoms with Gasteiger partial charge in [0.1, 0.15) is 44.8 Å². The van der Waals surface area contributed by atoms with Crippen LogP contribution in [0.15, 0.2) is 161 Å². The molecule has 0 saturated carbocycles. The van der Waals surface area contributed by atoms with E-state index >= 15 is 0 Å². The first-order chi connectivity index (χ1) is 46.3. The lowest BCUT2D eigenvalue weighted by atomic mass is 10.1. The van der Waals surface area contributed by atoms with Crippen LogP contribution in [0, 0.1) is 13.8 Å². The summed E-state index contributed by atoms with van der Waals surface area (Å²) in [6, 6.07) is 21.9. The van der Waals surface area contributed by atoms with E-state index in [2.05, 4.69) is 76.9 Å². The van der Waals surface area contributed by atoms with Crippen molar-refractivity contribution in [1.82, 2.24) is 29.9 Å². The van der Waals surface area contributed by atoms with E-state index in [-0.39, 0.29) is 73.9 Å². The van der Waals surface area contributed by atoms with Crippen molar-refractivity contribution in [2.75, 3.05) is 26.6 Å². The first-order valence-electron chi connectivity index (χ1n) is 27.1. The molecule has 38 nitrogen and oxygen atoms in total. The number of benzene rings is 8. The Kier molecular flexibility index (Phi) is 18.9. The van der Waals surface area contributed by atoms with Gasteiger partial charge in [-0.1, -0.05) is 0 Å². The summed E-state index contributed by atoms with van der Waals surface area (Å²) < 4.78 is 133. The highest BCUT2D eigenvalue weighted by Crippen LogP contribution is 2.57. The molecule has 0 aliphatic carbocycles. The summed E-state index contributed by atoms with van der Waals surface area (Å²) >= 11 is 0. The third-order valence-corrected chi connectivity index (χ3v) is 17.0. The molecule has 19 N–H and O–H groups in total. The maximum absolute atomic E-state index is 13.5. The molecule has 0 aliphatic heterocycles. The second kappa shape index (κ2) is 26.9. The molecule has 10 rings (SSSR count). The number of carboxylic acid groups (broad SMARTS) is 4. The summed E-state index contributed by atoms with van der Waals surface area (Å²) in [5.74, 6) is -9.66. The predicted molar refractivity (Wildman–Crippen MR) is 351 cm³/mol. The molecule has 0 saturated heterocycles. The van der Waals surface area contributed by atoms with Gasteiger partial charge in [-0.15, -0.1) is 10.2 Å². The van der Waals surface area contributed by atoms with Crippen molar-refractivity contribution in [2.45, 2.75) is 33.4 Å². The molecule has 0 atom stereocenters. The highest BCUT2D eigenvalue weighted by Gasteiger charge is 2.31. The predicted octanol–water partition coefficient (Wildman–Crippen LogP) is 11.9. The number of azo groups is 2. The van der Waals surface area contributed by atoms with Crippen molar-refractivity contribution in [3.63, 3.8) is 0 Å². The van der Waals surface area contributed by atoms with Crippen LogP contribution in [-0.2, 0) is 20.2 Å². The summed E-state index contributed by atoms with van der Waals surface area (Å²) in [6.07, 6.45) is 0. The fourth-order valence-corrected chi connectivity index (χ4v) is 11.8. The minimum absolute atomic E-state index is 0.0440. The van der Waals surface area contributed by atoms with Crippen LogP contribution in [0.5, 0.6) is 11.5 Å². The molecule has 0 spiro atoms. The first kappa shape index (κ1) is 69.8. The number of aromatic carboxylic acids is 4. The van der Waals surface area contributed by atoms with E-state index in [1.54, 1.807) is 0 Å². The van der Waals surface area contributed by atoms with E-state index in [1.165, 1.54) is 62.4 Å². The average Bonchev–Trinajstić information content (AvgIpc) is 0.753. The second-order valence-electron chi connectivity index (χ2n) is 20.6. The molecule has 8 aromatic carbocycles. The molecular weight excluding hydrogens is 1390 g/mol. The molecule has 0 radical (unpaired) electrons. The maximum atomic E-state index is 13.5. The van der Waals surface area contributed by atoms with E-state index in [0.29, 0.717) is 17.1 Å². The van der Waals surface area contributed by atoms with E-state index in [1.807, 2.05) is 0 Å². The summed E-state index contributed by atoms with van der Waals surface area (Å²) in [4.78, 5) is 82.5. The van der Waals surface area contributed by atoms with Gasteiger partial charge in [0.25, 0.3) is 26.1 Å². The van der Waals surface area contributed by atoms with Gasteiger partial charge in [0.15, 0.2) is 11.5 Å². The summed E-state index contributed by atoms with van der Waals surface area (Å²) in [5, 5.41) is 89.2. The van der Waals surface area contributed by atoms with Crippen LogP contribution in [-0.4, -0.2) is 144 Å². The van der Waals surface area contributed by atoms with Gasteiger partial charge >= 0.3 is 23.9 Å². The van der Waals surface area contributed by atoms with Crippen LogP contribution < -0.4 is 26.6 Å². The smallest absolute Gasteiger partial charge is 0.335 e. The van der Waals surface area contributed by atoms with Crippen molar-refractivity contribution in [3.05, 3.63) is 161 Å². The topological polar surface area (TPSA) is 624 Å². The number of fused-ring (bicyclic) bond motifs is 2. The summed E-state index contributed by atoms with van der Waals surface area (Å²) in [5.41, 5.74) is -4.42. The Balaban J connectivity index is 0.856. The van der Waals surface area contributed by atoms with Gasteiger partial charge in [0, 0.05) is 33.4 Å². The van der Waals surface area contributed by atoms with E-state index in [0.717, 1.165) is 72.8 Å². The zero-order chi connectivity index (χ0) is 72.0. The number of amides is 1. The normalized spacial score (nSPS) is 12.4. The van der Waals surface area contributed by atoms with E-state index < -0.39 is 148 Å². The Morgan fingerprint density at radius 3 is 1.03 bits per heavy atom. The average molecular weight is 1440 g/mol. The number of carboxylic acids is 4. The number of phenolic OH excluding ortho intramolecular Hbond substituents is 2. The number of phenols is 2. The molecule has 0 unspecified atom stereocenters. The SMILES string of the molecule is Cc1nc(Nc2ccc(NC(=O)c3ccc(Nc4nc(C)nc(Nc5cc(S(=O)(=O)O)cc6cc(S(O)(O)O)c(N=Nc7cc(C(=O)O)cc(C(=O)O)c7)c(O)c56)n4)cc3)cc2)nc(Nc2cc(S(=O)(=O)O)cc3cc(S(O)(O)O)c(N=Nc4cc(C(=O)O)cc(C(=O)O)c4)c(O)c23)n1. The molecule has 0 bridgehead atoms. The number of nitrogens with one attached hydrogen (secondary N) is 5. The Hall–Kier alpha value is -12.1. The lowest BCUT2D eigenvalue weighted by Gasteiger charge is -2.23. The molecule has 0 aliphatic rings. The second-order valence-corrected chi connectivity index (χ2v) is 26.4. The monoisotopic (exact) mass is 1440 g/mol. The lowest BCUT2D eigenvalue weighted by molar-refractivity contribution is 0.0676. The van der Waals surface area contributed by atoms with E-state index in [9.17, 15) is 108 Å².